The molecule has 0 bridgehead atoms. The predicted molar refractivity (Wildman–Crippen MR) is 80.8 cm³/mol. The van der Waals surface area contributed by atoms with E-state index in [1.54, 1.807) is 40.4 Å². The van der Waals surface area contributed by atoms with E-state index in [0.29, 0.717) is 22.9 Å². The number of rotatable bonds is 4. The molecule has 0 aliphatic carbocycles. The third kappa shape index (κ3) is 3.13. The van der Waals surface area contributed by atoms with Gasteiger partial charge in [-0.25, -0.2) is 4.98 Å². The Kier molecular flexibility index (Phi) is 4.42. The van der Waals surface area contributed by atoms with Crippen molar-refractivity contribution in [2.45, 2.75) is 0 Å². The van der Waals surface area contributed by atoms with E-state index in [9.17, 15) is 4.79 Å². The number of methoxy groups -OCH3 is 2. The van der Waals surface area contributed by atoms with Crippen molar-refractivity contribution >= 4 is 5.91 Å². The number of pyridine rings is 1. The number of aromatic nitrogens is 1. The Balaban J connectivity index is 2.47. The second-order valence-electron chi connectivity index (χ2n) is 4.67. The molecule has 0 atom stereocenters. The van der Waals surface area contributed by atoms with Gasteiger partial charge in [-0.1, -0.05) is 6.07 Å². The lowest BCUT2D eigenvalue weighted by atomic mass is 10.1. The first-order chi connectivity index (χ1) is 10.1. The first-order valence-electron chi connectivity index (χ1n) is 6.48. The molecule has 1 aromatic carbocycles. The van der Waals surface area contributed by atoms with Crippen LogP contribution in [0.25, 0.3) is 11.3 Å². The Labute approximate surface area is 124 Å². The average molecular weight is 286 g/mol. The predicted octanol–water partition coefficient (Wildman–Crippen LogP) is 2.47. The molecule has 2 rings (SSSR count). The van der Waals surface area contributed by atoms with Crippen molar-refractivity contribution in [2.24, 2.45) is 0 Å². The molecule has 21 heavy (non-hydrogen) atoms. The van der Waals surface area contributed by atoms with Gasteiger partial charge in [-0.15, -0.1) is 0 Å². The van der Waals surface area contributed by atoms with Crippen LogP contribution in [0, 0.1) is 0 Å². The van der Waals surface area contributed by atoms with Gasteiger partial charge in [0, 0.05) is 25.7 Å². The first kappa shape index (κ1) is 14.8. The maximum absolute atomic E-state index is 12.0. The third-order valence-electron chi connectivity index (χ3n) is 3.06. The van der Waals surface area contributed by atoms with E-state index >= 15 is 0 Å². The molecule has 5 heteroatoms. The molecule has 0 radical (unpaired) electrons. The van der Waals surface area contributed by atoms with Crippen molar-refractivity contribution in [1.29, 1.82) is 0 Å². The number of ether oxygens (including phenoxy) is 2. The number of hydrogen-bond acceptors (Lipinski definition) is 4. The smallest absolute Gasteiger partial charge is 0.271 e. The second kappa shape index (κ2) is 6.26. The fourth-order valence-corrected chi connectivity index (χ4v) is 1.94. The van der Waals surface area contributed by atoms with Gasteiger partial charge in [0.2, 0.25) is 0 Å². The monoisotopic (exact) mass is 286 g/mol. The lowest BCUT2D eigenvalue weighted by Gasteiger charge is -2.12. The highest BCUT2D eigenvalue weighted by Crippen LogP contribution is 2.32. The second-order valence-corrected chi connectivity index (χ2v) is 4.67. The fraction of sp³-hybridized carbons (Fsp3) is 0.250. The van der Waals surface area contributed by atoms with Crippen LogP contribution in [0.3, 0.4) is 0 Å². The minimum absolute atomic E-state index is 0.135. The Hall–Kier alpha value is -2.56. The summed E-state index contributed by atoms with van der Waals surface area (Å²) in [6.45, 7) is 0. The van der Waals surface area contributed by atoms with Crippen LogP contribution in [0.5, 0.6) is 11.5 Å². The van der Waals surface area contributed by atoms with Crippen LogP contribution in [0.4, 0.5) is 0 Å². The third-order valence-corrected chi connectivity index (χ3v) is 3.06. The molecule has 0 spiro atoms. The molecule has 0 saturated carbocycles. The Morgan fingerprint density at radius 2 is 1.86 bits per heavy atom. The minimum atomic E-state index is -0.135. The highest BCUT2D eigenvalue weighted by atomic mass is 16.5. The van der Waals surface area contributed by atoms with Crippen LogP contribution in [-0.4, -0.2) is 44.1 Å². The maximum atomic E-state index is 12.0. The molecule has 110 valence electrons. The van der Waals surface area contributed by atoms with Crippen LogP contribution in [-0.2, 0) is 0 Å². The van der Waals surface area contributed by atoms with Gasteiger partial charge in [-0.05, 0) is 24.3 Å². The van der Waals surface area contributed by atoms with Crippen molar-refractivity contribution in [3.8, 4) is 22.8 Å². The first-order valence-corrected chi connectivity index (χ1v) is 6.48. The summed E-state index contributed by atoms with van der Waals surface area (Å²) in [5.74, 6) is 1.22. The summed E-state index contributed by atoms with van der Waals surface area (Å²) in [6.07, 6.45) is 0. The van der Waals surface area contributed by atoms with Gasteiger partial charge >= 0.3 is 0 Å². The van der Waals surface area contributed by atoms with Crippen LogP contribution < -0.4 is 9.47 Å². The van der Waals surface area contributed by atoms with Crippen LogP contribution in [0.2, 0.25) is 0 Å². The Morgan fingerprint density at radius 1 is 1.10 bits per heavy atom. The number of carbonyl (C=O) groups is 1. The molecule has 1 amide bonds. The Bertz CT molecular complexity index is 654. The lowest BCUT2D eigenvalue weighted by molar-refractivity contribution is 0.0822. The van der Waals surface area contributed by atoms with E-state index in [1.807, 2.05) is 24.3 Å². The molecule has 0 N–H and O–H groups in total. The zero-order valence-corrected chi connectivity index (χ0v) is 12.6. The molecular formula is C16H18N2O3. The summed E-state index contributed by atoms with van der Waals surface area (Å²) in [7, 11) is 6.59. The van der Waals surface area contributed by atoms with Crippen molar-refractivity contribution < 1.29 is 14.3 Å². The van der Waals surface area contributed by atoms with Crippen LogP contribution in [0.1, 0.15) is 10.5 Å². The van der Waals surface area contributed by atoms with Gasteiger partial charge in [-0.2, -0.15) is 0 Å². The van der Waals surface area contributed by atoms with Crippen molar-refractivity contribution in [3.05, 3.63) is 42.1 Å². The molecule has 1 heterocycles. The molecular weight excluding hydrogens is 268 g/mol. The van der Waals surface area contributed by atoms with E-state index in [0.717, 1.165) is 5.56 Å². The van der Waals surface area contributed by atoms with E-state index in [1.165, 1.54) is 4.90 Å². The molecule has 0 unspecified atom stereocenters. The summed E-state index contributed by atoms with van der Waals surface area (Å²) in [5.41, 5.74) is 1.89. The van der Waals surface area contributed by atoms with E-state index in [-0.39, 0.29) is 5.91 Å². The topological polar surface area (TPSA) is 51.7 Å². The summed E-state index contributed by atoms with van der Waals surface area (Å²) in [6, 6.07) is 10.8. The number of nitrogens with zero attached hydrogens (tertiary/aromatic N) is 2. The van der Waals surface area contributed by atoms with E-state index < -0.39 is 0 Å². The van der Waals surface area contributed by atoms with Crippen LogP contribution >= 0.6 is 0 Å². The standard InChI is InChI=1S/C16H18N2O3/c1-18(2)16(19)14-7-5-6-13(17-14)12-9-8-11(20-3)10-15(12)21-4/h5-10H,1-4H3. The van der Waals surface area contributed by atoms with Gasteiger partial charge in [-0.3, -0.25) is 4.79 Å². The summed E-state index contributed by atoms with van der Waals surface area (Å²) in [4.78, 5) is 17.9. The lowest BCUT2D eigenvalue weighted by Crippen LogP contribution is -2.22. The van der Waals surface area contributed by atoms with E-state index in [2.05, 4.69) is 4.98 Å². The number of hydrogen-bond donors (Lipinski definition) is 0. The number of carbonyl (C=O) groups excluding carboxylic acids is 1. The van der Waals surface area contributed by atoms with Gasteiger partial charge in [0.1, 0.15) is 17.2 Å². The van der Waals surface area contributed by atoms with Gasteiger partial charge in [0.15, 0.2) is 0 Å². The highest BCUT2D eigenvalue weighted by Gasteiger charge is 2.13. The number of benzene rings is 1. The summed E-state index contributed by atoms with van der Waals surface area (Å²) >= 11 is 0. The van der Waals surface area contributed by atoms with Crippen LogP contribution in [0.15, 0.2) is 36.4 Å². The molecule has 0 aliphatic rings. The van der Waals surface area contributed by atoms with Gasteiger partial charge in [0.05, 0.1) is 19.9 Å². The SMILES string of the molecule is COc1ccc(-c2cccc(C(=O)N(C)C)n2)c(OC)c1. The van der Waals surface area contributed by atoms with E-state index in [4.69, 9.17) is 9.47 Å². The molecule has 0 saturated heterocycles. The molecule has 2 aromatic rings. The molecule has 5 nitrogen and oxygen atoms in total. The normalized spacial score (nSPS) is 10.1. The highest BCUT2D eigenvalue weighted by molar-refractivity contribution is 5.92. The minimum Gasteiger partial charge on any atom is -0.497 e. The van der Waals surface area contributed by atoms with Crippen molar-refractivity contribution in [2.75, 3.05) is 28.3 Å². The molecule has 0 aliphatic heterocycles. The maximum Gasteiger partial charge on any atom is 0.271 e. The summed E-state index contributed by atoms with van der Waals surface area (Å²) in [5, 5.41) is 0. The molecule has 0 fully saturated rings. The zero-order valence-electron chi connectivity index (χ0n) is 12.6. The van der Waals surface area contributed by atoms with Gasteiger partial charge in [0.25, 0.3) is 5.91 Å². The average Bonchev–Trinajstić information content (AvgIpc) is 2.53. The summed E-state index contributed by atoms with van der Waals surface area (Å²) < 4.78 is 10.6. The molecule has 1 aromatic heterocycles. The number of amides is 1. The zero-order chi connectivity index (χ0) is 15.4. The van der Waals surface area contributed by atoms with Crippen molar-refractivity contribution in [1.82, 2.24) is 9.88 Å². The quantitative estimate of drug-likeness (QED) is 0.866. The Morgan fingerprint density at radius 3 is 2.48 bits per heavy atom. The fourth-order valence-electron chi connectivity index (χ4n) is 1.94. The van der Waals surface area contributed by atoms with Gasteiger partial charge < -0.3 is 14.4 Å². The largest absolute Gasteiger partial charge is 0.497 e. The van der Waals surface area contributed by atoms with Crippen molar-refractivity contribution in [3.63, 3.8) is 0 Å².